The van der Waals surface area contributed by atoms with Crippen LogP contribution in [0.5, 0.6) is 0 Å². The summed E-state index contributed by atoms with van der Waals surface area (Å²) in [5.41, 5.74) is 3.09. The molecule has 0 bridgehead atoms. The molecule has 28 heavy (non-hydrogen) atoms. The summed E-state index contributed by atoms with van der Waals surface area (Å²) in [5.74, 6) is 1.09. The Balaban J connectivity index is 1.43. The lowest BCUT2D eigenvalue weighted by Gasteiger charge is -2.29. The number of carbonyl (C=O) groups excluding carboxylic acids is 2. The summed E-state index contributed by atoms with van der Waals surface area (Å²) in [4.78, 5) is 27.7. The summed E-state index contributed by atoms with van der Waals surface area (Å²) < 4.78 is 1.97. The van der Waals surface area contributed by atoms with Gasteiger partial charge >= 0.3 is 0 Å². The fraction of sp³-hybridized carbons (Fsp3) is 0.476. The highest BCUT2D eigenvalue weighted by Crippen LogP contribution is 2.34. The van der Waals surface area contributed by atoms with Crippen LogP contribution in [0.15, 0.2) is 35.2 Å². The molecule has 1 atom stereocenters. The highest BCUT2D eigenvalue weighted by molar-refractivity contribution is 7.99. The number of aryl methyl sites for hydroxylation is 2. The second-order valence-corrected chi connectivity index (χ2v) is 8.52. The molecule has 2 amide bonds. The molecule has 1 unspecified atom stereocenters. The highest BCUT2D eigenvalue weighted by atomic mass is 32.2. The smallest absolute Gasteiger partial charge is 0.227 e. The molecule has 0 aliphatic carbocycles. The molecule has 6 nitrogen and oxygen atoms in total. The Labute approximate surface area is 170 Å². The molecule has 0 saturated carbocycles. The Bertz CT molecular complexity index is 849. The number of fused-ring (bicyclic) bond motifs is 1. The van der Waals surface area contributed by atoms with Gasteiger partial charge in [0.1, 0.15) is 0 Å². The average Bonchev–Trinajstić information content (AvgIpc) is 3.00. The summed E-state index contributed by atoms with van der Waals surface area (Å²) >= 11 is 1.77. The van der Waals surface area contributed by atoms with E-state index < -0.39 is 0 Å². The lowest BCUT2D eigenvalue weighted by atomic mass is 10.1. The van der Waals surface area contributed by atoms with Crippen molar-refractivity contribution >= 4 is 29.3 Å². The molecule has 1 aromatic heterocycles. The van der Waals surface area contributed by atoms with E-state index in [0.29, 0.717) is 13.1 Å². The first-order valence-corrected chi connectivity index (χ1v) is 10.7. The molecule has 0 spiro atoms. The number of hydrogen-bond acceptors (Lipinski definition) is 4. The SMILES string of the molecule is Cc1cc(C)n(CC(C)CNC(=O)CCC(=O)N2CCSc3ccccc32)n1. The Morgan fingerprint density at radius 1 is 1.25 bits per heavy atom. The van der Waals surface area contributed by atoms with Crippen molar-refractivity contribution in [2.24, 2.45) is 5.92 Å². The van der Waals surface area contributed by atoms with Crippen LogP contribution in [0, 0.1) is 19.8 Å². The average molecular weight is 401 g/mol. The number of para-hydroxylation sites is 1. The molecule has 1 aliphatic heterocycles. The number of aromatic nitrogens is 2. The zero-order valence-electron chi connectivity index (χ0n) is 16.8. The zero-order valence-corrected chi connectivity index (χ0v) is 17.6. The molecule has 2 heterocycles. The molecule has 1 N–H and O–H groups in total. The Kier molecular flexibility index (Phi) is 6.78. The van der Waals surface area contributed by atoms with Crippen LogP contribution in [0.3, 0.4) is 0 Å². The van der Waals surface area contributed by atoms with Crippen molar-refractivity contribution in [3.63, 3.8) is 0 Å². The van der Waals surface area contributed by atoms with E-state index >= 15 is 0 Å². The van der Waals surface area contributed by atoms with E-state index in [1.54, 1.807) is 11.8 Å². The van der Waals surface area contributed by atoms with Crippen LogP contribution in [0.2, 0.25) is 0 Å². The van der Waals surface area contributed by atoms with E-state index in [2.05, 4.69) is 17.3 Å². The number of hydrogen-bond donors (Lipinski definition) is 1. The van der Waals surface area contributed by atoms with Gasteiger partial charge in [0.05, 0.1) is 11.4 Å². The van der Waals surface area contributed by atoms with Crippen molar-refractivity contribution < 1.29 is 9.59 Å². The van der Waals surface area contributed by atoms with Gasteiger partial charge in [-0.1, -0.05) is 19.1 Å². The van der Waals surface area contributed by atoms with E-state index in [1.807, 2.05) is 53.8 Å². The fourth-order valence-electron chi connectivity index (χ4n) is 3.38. The quantitative estimate of drug-likeness (QED) is 0.775. The lowest BCUT2D eigenvalue weighted by molar-refractivity contribution is -0.125. The lowest BCUT2D eigenvalue weighted by Crippen LogP contribution is -2.36. The first kappa shape index (κ1) is 20.5. The van der Waals surface area contributed by atoms with Gasteiger partial charge in [0, 0.05) is 48.8 Å². The maximum atomic E-state index is 12.6. The number of carbonyl (C=O) groups is 2. The van der Waals surface area contributed by atoms with Gasteiger partial charge in [0.2, 0.25) is 11.8 Å². The summed E-state index contributed by atoms with van der Waals surface area (Å²) in [5, 5.41) is 7.41. The van der Waals surface area contributed by atoms with Gasteiger partial charge in [0.15, 0.2) is 0 Å². The van der Waals surface area contributed by atoms with Crippen LogP contribution in [0.4, 0.5) is 5.69 Å². The van der Waals surface area contributed by atoms with Crippen LogP contribution >= 0.6 is 11.8 Å². The molecular formula is C21H28N4O2S. The molecule has 0 saturated heterocycles. The third-order valence-electron chi connectivity index (χ3n) is 4.83. The van der Waals surface area contributed by atoms with Gasteiger partial charge in [-0.3, -0.25) is 14.3 Å². The minimum Gasteiger partial charge on any atom is -0.356 e. The number of amides is 2. The number of rotatable bonds is 7. The third-order valence-corrected chi connectivity index (χ3v) is 5.87. The highest BCUT2D eigenvalue weighted by Gasteiger charge is 2.22. The van der Waals surface area contributed by atoms with Crippen LogP contribution in [-0.4, -0.2) is 40.4 Å². The van der Waals surface area contributed by atoms with Crippen LogP contribution in [0.25, 0.3) is 0 Å². The topological polar surface area (TPSA) is 67.2 Å². The maximum absolute atomic E-state index is 12.6. The van der Waals surface area contributed by atoms with Gasteiger partial charge in [-0.15, -0.1) is 11.8 Å². The Morgan fingerprint density at radius 3 is 2.79 bits per heavy atom. The van der Waals surface area contributed by atoms with Gasteiger partial charge in [-0.2, -0.15) is 5.10 Å². The Hall–Kier alpha value is -2.28. The monoisotopic (exact) mass is 400 g/mol. The van der Waals surface area contributed by atoms with Gasteiger partial charge in [-0.25, -0.2) is 0 Å². The van der Waals surface area contributed by atoms with Gasteiger partial charge < -0.3 is 10.2 Å². The molecule has 1 aromatic carbocycles. The van der Waals surface area contributed by atoms with Crippen molar-refractivity contribution in [1.82, 2.24) is 15.1 Å². The van der Waals surface area contributed by atoms with E-state index in [1.165, 1.54) is 0 Å². The van der Waals surface area contributed by atoms with Crippen molar-refractivity contribution in [2.75, 3.05) is 23.7 Å². The zero-order chi connectivity index (χ0) is 20.1. The number of nitrogens with one attached hydrogen (secondary N) is 1. The molecular weight excluding hydrogens is 372 g/mol. The number of anilines is 1. The molecule has 7 heteroatoms. The van der Waals surface area contributed by atoms with E-state index in [-0.39, 0.29) is 30.6 Å². The Morgan fingerprint density at radius 2 is 2.04 bits per heavy atom. The molecule has 1 aliphatic rings. The fourth-order valence-corrected chi connectivity index (χ4v) is 4.37. The van der Waals surface area contributed by atoms with Gasteiger partial charge in [0.25, 0.3) is 0 Å². The normalized spacial score (nSPS) is 14.5. The minimum absolute atomic E-state index is 0.0126. The van der Waals surface area contributed by atoms with E-state index in [0.717, 1.165) is 34.3 Å². The number of benzene rings is 1. The van der Waals surface area contributed by atoms with Crippen molar-refractivity contribution in [3.05, 3.63) is 41.7 Å². The van der Waals surface area contributed by atoms with Crippen molar-refractivity contribution in [1.29, 1.82) is 0 Å². The van der Waals surface area contributed by atoms with E-state index in [4.69, 9.17) is 0 Å². The molecule has 150 valence electrons. The van der Waals surface area contributed by atoms with Crippen molar-refractivity contribution in [2.45, 2.75) is 45.1 Å². The second-order valence-electron chi connectivity index (χ2n) is 7.38. The van der Waals surface area contributed by atoms with Gasteiger partial charge in [-0.05, 0) is 38.0 Å². The molecule has 0 fully saturated rings. The predicted molar refractivity (Wildman–Crippen MR) is 113 cm³/mol. The number of nitrogens with zero attached hydrogens (tertiary/aromatic N) is 3. The van der Waals surface area contributed by atoms with Crippen LogP contribution in [0.1, 0.15) is 31.2 Å². The summed E-state index contributed by atoms with van der Waals surface area (Å²) in [6, 6.07) is 9.99. The summed E-state index contributed by atoms with van der Waals surface area (Å²) in [6.45, 7) is 8.14. The van der Waals surface area contributed by atoms with Crippen LogP contribution < -0.4 is 10.2 Å². The first-order chi connectivity index (χ1) is 13.4. The molecule has 0 radical (unpaired) electrons. The number of thioether (sulfide) groups is 1. The first-order valence-electron chi connectivity index (χ1n) is 9.74. The molecule has 3 rings (SSSR count). The predicted octanol–water partition coefficient (Wildman–Crippen LogP) is 3.17. The largest absolute Gasteiger partial charge is 0.356 e. The maximum Gasteiger partial charge on any atom is 0.227 e. The summed E-state index contributed by atoms with van der Waals surface area (Å²) in [6.07, 6.45) is 0.452. The van der Waals surface area contributed by atoms with Crippen LogP contribution in [-0.2, 0) is 16.1 Å². The minimum atomic E-state index is -0.0757. The second kappa shape index (κ2) is 9.28. The van der Waals surface area contributed by atoms with Crippen molar-refractivity contribution in [3.8, 4) is 0 Å². The van der Waals surface area contributed by atoms with E-state index in [9.17, 15) is 9.59 Å². The third kappa shape index (κ3) is 5.16. The standard InChI is InChI=1S/C21H28N4O2S/c1-15(14-25-17(3)12-16(2)23-25)13-22-20(26)8-9-21(27)24-10-11-28-19-7-5-4-6-18(19)24/h4-7,12,15H,8-11,13-14H2,1-3H3,(H,22,26). The molecule has 2 aromatic rings. The summed E-state index contributed by atoms with van der Waals surface area (Å²) in [7, 11) is 0.